The molecule has 0 saturated carbocycles. The zero-order chi connectivity index (χ0) is 12.3. The Balaban J connectivity index is 4.35. The van der Waals surface area contributed by atoms with Crippen LogP contribution < -0.4 is 16.6 Å². The lowest BCUT2D eigenvalue weighted by atomic mass is 10.1. The highest BCUT2D eigenvalue weighted by Gasteiger charge is 2.32. The predicted octanol–water partition coefficient (Wildman–Crippen LogP) is 0.280. The molecule has 0 bridgehead atoms. The Labute approximate surface area is 89.5 Å². The van der Waals surface area contributed by atoms with E-state index in [1.807, 2.05) is 26.2 Å². The van der Waals surface area contributed by atoms with Crippen molar-refractivity contribution in [3.05, 3.63) is 0 Å². The second-order valence-corrected chi connectivity index (χ2v) is 4.75. The van der Waals surface area contributed by atoms with Gasteiger partial charge in [0.15, 0.2) is 5.60 Å². The summed E-state index contributed by atoms with van der Waals surface area (Å²) in [7, 11) is 0. The van der Waals surface area contributed by atoms with Gasteiger partial charge in [0.2, 0.25) is 0 Å². The zero-order valence-corrected chi connectivity index (χ0v) is 9.80. The summed E-state index contributed by atoms with van der Waals surface area (Å²) in [6.45, 7) is 8.34. The van der Waals surface area contributed by atoms with Crippen LogP contribution in [0.3, 0.4) is 0 Å². The van der Waals surface area contributed by atoms with Crippen molar-refractivity contribution in [3.63, 3.8) is 0 Å². The van der Waals surface area contributed by atoms with Crippen molar-refractivity contribution in [3.8, 4) is 0 Å². The monoisotopic (exact) mass is 217 g/mol. The van der Waals surface area contributed by atoms with Crippen molar-refractivity contribution in [2.75, 3.05) is 0 Å². The SMILES string of the molecule is CC(C)(C)NC(=O)OC(C)(C)C(=O)NN. The van der Waals surface area contributed by atoms with Gasteiger partial charge in [0.25, 0.3) is 5.91 Å². The Morgan fingerprint density at radius 1 is 1.13 bits per heavy atom. The lowest BCUT2D eigenvalue weighted by Crippen LogP contribution is -2.51. The summed E-state index contributed by atoms with van der Waals surface area (Å²) in [5, 5.41) is 2.57. The van der Waals surface area contributed by atoms with Crippen LogP contribution in [0.5, 0.6) is 0 Å². The fourth-order valence-corrected chi connectivity index (χ4v) is 0.784. The highest BCUT2D eigenvalue weighted by Crippen LogP contribution is 2.10. The van der Waals surface area contributed by atoms with Gasteiger partial charge < -0.3 is 10.1 Å². The van der Waals surface area contributed by atoms with Crippen molar-refractivity contribution in [1.82, 2.24) is 10.7 Å². The van der Waals surface area contributed by atoms with Crippen molar-refractivity contribution in [2.24, 2.45) is 5.84 Å². The fraction of sp³-hybridized carbons (Fsp3) is 0.778. The van der Waals surface area contributed by atoms with Gasteiger partial charge in [-0.3, -0.25) is 10.2 Å². The van der Waals surface area contributed by atoms with Crippen LogP contribution in [-0.4, -0.2) is 23.1 Å². The van der Waals surface area contributed by atoms with E-state index in [9.17, 15) is 9.59 Å². The van der Waals surface area contributed by atoms with Gasteiger partial charge in [-0.05, 0) is 34.6 Å². The molecule has 0 rings (SSSR count). The second-order valence-electron chi connectivity index (χ2n) is 4.75. The normalized spacial score (nSPS) is 11.9. The first kappa shape index (κ1) is 13.7. The Morgan fingerprint density at radius 2 is 1.60 bits per heavy atom. The van der Waals surface area contributed by atoms with Crippen molar-refractivity contribution in [1.29, 1.82) is 0 Å². The van der Waals surface area contributed by atoms with Crippen LogP contribution in [-0.2, 0) is 9.53 Å². The van der Waals surface area contributed by atoms with Crippen LogP contribution >= 0.6 is 0 Å². The molecule has 0 atom stereocenters. The molecule has 0 aliphatic heterocycles. The van der Waals surface area contributed by atoms with Crippen LogP contribution in [0.15, 0.2) is 0 Å². The molecular weight excluding hydrogens is 198 g/mol. The molecule has 6 heteroatoms. The number of ether oxygens (including phenoxy) is 1. The Kier molecular flexibility index (Phi) is 4.09. The van der Waals surface area contributed by atoms with E-state index in [4.69, 9.17) is 10.6 Å². The summed E-state index contributed by atoms with van der Waals surface area (Å²) in [4.78, 5) is 22.5. The van der Waals surface area contributed by atoms with E-state index in [0.717, 1.165) is 0 Å². The van der Waals surface area contributed by atoms with Crippen molar-refractivity contribution >= 4 is 12.0 Å². The molecule has 0 aromatic heterocycles. The topological polar surface area (TPSA) is 93.4 Å². The van der Waals surface area contributed by atoms with Gasteiger partial charge in [-0.25, -0.2) is 10.6 Å². The molecule has 0 heterocycles. The summed E-state index contributed by atoms with van der Waals surface area (Å²) in [6.07, 6.45) is -0.656. The first-order valence-corrected chi connectivity index (χ1v) is 4.61. The van der Waals surface area contributed by atoms with E-state index in [1.165, 1.54) is 13.8 Å². The van der Waals surface area contributed by atoms with Crippen molar-refractivity contribution in [2.45, 2.75) is 45.8 Å². The lowest BCUT2D eigenvalue weighted by Gasteiger charge is -2.26. The molecular formula is C9H19N3O3. The summed E-state index contributed by atoms with van der Waals surface area (Å²) in [5.41, 5.74) is 0.232. The Bertz CT molecular complexity index is 256. The minimum Gasteiger partial charge on any atom is -0.433 e. The first-order chi connectivity index (χ1) is 6.58. The van der Waals surface area contributed by atoms with E-state index in [0.29, 0.717) is 0 Å². The molecule has 4 N–H and O–H groups in total. The van der Waals surface area contributed by atoms with Gasteiger partial charge in [0.05, 0.1) is 0 Å². The van der Waals surface area contributed by atoms with E-state index in [2.05, 4.69) is 5.32 Å². The van der Waals surface area contributed by atoms with E-state index in [1.54, 1.807) is 0 Å². The molecule has 0 aromatic rings. The Hall–Kier alpha value is -1.30. The van der Waals surface area contributed by atoms with Crippen LogP contribution in [0, 0.1) is 0 Å². The minimum absolute atomic E-state index is 0.410. The predicted molar refractivity (Wildman–Crippen MR) is 55.8 cm³/mol. The molecule has 0 unspecified atom stereocenters. The number of hydrogen-bond acceptors (Lipinski definition) is 4. The number of nitrogens with one attached hydrogen (secondary N) is 2. The quantitative estimate of drug-likeness (QED) is 0.352. The van der Waals surface area contributed by atoms with Crippen LogP contribution in [0.2, 0.25) is 0 Å². The smallest absolute Gasteiger partial charge is 0.408 e. The molecule has 88 valence electrons. The molecule has 0 aliphatic rings. The van der Waals surface area contributed by atoms with Gasteiger partial charge in [0.1, 0.15) is 0 Å². The lowest BCUT2D eigenvalue weighted by molar-refractivity contribution is -0.137. The molecule has 0 aromatic carbocycles. The van der Waals surface area contributed by atoms with Crippen LogP contribution in [0.25, 0.3) is 0 Å². The third-order valence-electron chi connectivity index (χ3n) is 1.50. The standard InChI is InChI=1S/C9H19N3O3/c1-8(2,3)11-7(14)15-9(4,5)6(13)12-10/h10H2,1-5H3,(H,11,14)(H,12,13). The molecule has 6 nitrogen and oxygen atoms in total. The van der Waals surface area contributed by atoms with Gasteiger partial charge in [-0.15, -0.1) is 0 Å². The Morgan fingerprint density at radius 3 is 1.93 bits per heavy atom. The maximum atomic E-state index is 11.3. The summed E-state index contributed by atoms with van der Waals surface area (Å²) in [5.74, 6) is 4.39. The minimum atomic E-state index is -1.29. The van der Waals surface area contributed by atoms with Gasteiger partial charge in [-0.2, -0.15) is 0 Å². The number of carbonyl (C=O) groups excluding carboxylic acids is 2. The second kappa shape index (κ2) is 4.48. The summed E-state index contributed by atoms with van der Waals surface area (Å²) in [6, 6.07) is 0. The van der Waals surface area contributed by atoms with Crippen LogP contribution in [0.1, 0.15) is 34.6 Å². The van der Waals surface area contributed by atoms with E-state index < -0.39 is 23.1 Å². The number of nitrogens with two attached hydrogens (primary N) is 1. The number of carbonyl (C=O) groups is 2. The molecule has 0 spiro atoms. The maximum Gasteiger partial charge on any atom is 0.408 e. The molecule has 2 amide bonds. The van der Waals surface area contributed by atoms with E-state index >= 15 is 0 Å². The highest BCUT2D eigenvalue weighted by molar-refractivity contribution is 5.86. The average molecular weight is 217 g/mol. The van der Waals surface area contributed by atoms with Gasteiger partial charge >= 0.3 is 6.09 Å². The third kappa shape index (κ3) is 5.21. The number of amides is 2. The summed E-state index contributed by atoms with van der Waals surface area (Å²) >= 11 is 0. The number of rotatable bonds is 2. The molecule has 0 fully saturated rings. The third-order valence-corrected chi connectivity index (χ3v) is 1.50. The van der Waals surface area contributed by atoms with Crippen LogP contribution in [0.4, 0.5) is 4.79 Å². The van der Waals surface area contributed by atoms with Gasteiger partial charge in [0, 0.05) is 5.54 Å². The van der Waals surface area contributed by atoms with Gasteiger partial charge in [-0.1, -0.05) is 0 Å². The number of hydrazine groups is 1. The van der Waals surface area contributed by atoms with Crippen molar-refractivity contribution < 1.29 is 14.3 Å². The number of hydrogen-bond donors (Lipinski definition) is 3. The largest absolute Gasteiger partial charge is 0.433 e. The molecule has 0 aliphatic carbocycles. The average Bonchev–Trinajstić information content (AvgIpc) is 1.97. The first-order valence-electron chi connectivity index (χ1n) is 4.61. The van der Waals surface area contributed by atoms with E-state index in [-0.39, 0.29) is 0 Å². The fourth-order valence-electron chi connectivity index (χ4n) is 0.784. The number of alkyl carbamates (subject to hydrolysis) is 1. The summed E-state index contributed by atoms with van der Waals surface area (Å²) < 4.78 is 4.92. The molecule has 15 heavy (non-hydrogen) atoms. The maximum absolute atomic E-state index is 11.3. The zero-order valence-electron chi connectivity index (χ0n) is 9.80. The molecule has 0 radical (unpaired) electrons. The molecule has 0 saturated heterocycles. The highest BCUT2D eigenvalue weighted by atomic mass is 16.6.